The van der Waals surface area contributed by atoms with Gasteiger partial charge in [-0.05, 0) is 6.07 Å². The number of aromatic nitrogens is 2. The molecule has 1 N–H and O–H groups in total. The monoisotopic (exact) mass is 281 g/mol. The van der Waals surface area contributed by atoms with Crippen LogP contribution in [0.5, 0.6) is 0 Å². The van der Waals surface area contributed by atoms with Gasteiger partial charge in [0.25, 0.3) is 0 Å². The van der Waals surface area contributed by atoms with E-state index in [-0.39, 0.29) is 12.4 Å². The van der Waals surface area contributed by atoms with Crippen LogP contribution < -0.4 is 5.32 Å². The minimum Gasteiger partial charge on any atom is -0.377 e. The summed E-state index contributed by atoms with van der Waals surface area (Å²) in [6.45, 7) is 0.599. The molecule has 4 nitrogen and oxygen atoms in total. The lowest BCUT2D eigenvalue weighted by molar-refractivity contribution is 0.178. The fourth-order valence-corrected chi connectivity index (χ4v) is 1.78. The molecule has 1 aromatic heterocycles. The van der Waals surface area contributed by atoms with E-state index in [0.29, 0.717) is 28.9 Å². The minimum atomic E-state index is -0.257. The fraction of sp³-hybridized carbons (Fsp3) is 0.231. The number of anilines is 1. The Morgan fingerprint density at radius 2 is 2.11 bits per heavy atom. The predicted octanol–water partition coefficient (Wildman–Crippen LogP) is 3.03. The number of hydrogen-bond acceptors (Lipinski definition) is 4. The smallest absolute Gasteiger partial charge is 0.158 e. The third-order valence-electron chi connectivity index (χ3n) is 2.43. The van der Waals surface area contributed by atoms with Gasteiger partial charge in [0, 0.05) is 25.3 Å². The molecule has 0 radical (unpaired) electrons. The summed E-state index contributed by atoms with van der Waals surface area (Å²) < 4.78 is 18.4. The van der Waals surface area contributed by atoms with E-state index in [4.69, 9.17) is 16.3 Å². The quantitative estimate of drug-likeness (QED) is 0.856. The van der Waals surface area contributed by atoms with Crippen molar-refractivity contribution in [1.82, 2.24) is 9.97 Å². The molecule has 0 atom stereocenters. The topological polar surface area (TPSA) is 47.0 Å². The van der Waals surface area contributed by atoms with Crippen LogP contribution in [0.15, 0.2) is 30.3 Å². The van der Waals surface area contributed by atoms with Crippen LogP contribution in [0, 0.1) is 5.82 Å². The van der Waals surface area contributed by atoms with Gasteiger partial charge in [0.1, 0.15) is 23.4 Å². The van der Waals surface area contributed by atoms with Crippen molar-refractivity contribution < 1.29 is 9.13 Å². The molecule has 100 valence electrons. The first-order valence-corrected chi connectivity index (χ1v) is 6.06. The van der Waals surface area contributed by atoms with Crippen molar-refractivity contribution in [3.8, 4) is 0 Å². The normalized spacial score (nSPS) is 10.5. The lowest BCUT2D eigenvalue weighted by Gasteiger charge is -2.08. The predicted molar refractivity (Wildman–Crippen MR) is 71.5 cm³/mol. The molecular weight excluding hydrogens is 269 g/mol. The second-order valence-corrected chi connectivity index (χ2v) is 4.26. The largest absolute Gasteiger partial charge is 0.377 e. The molecule has 0 aliphatic rings. The van der Waals surface area contributed by atoms with Crippen LogP contribution in [0.4, 0.5) is 10.2 Å². The maximum Gasteiger partial charge on any atom is 0.158 e. The van der Waals surface area contributed by atoms with Gasteiger partial charge in [0.2, 0.25) is 0 Å². The maximum atomic E-state index is 13.5. The third-order valence-corrected chi connectivity index (χ3v) is 2.63. The van der Waals surface area contributed by atoms with Gasteiger partial charge in [-0.15, -0.1) is 0 Å². The fourth-order valence-electron chi connectivity index (χ4n) is 1.58. The van der Waals surface area contributed by atoms with Crippen molar-refractivity contribution in [3.63, 3.8) is 0 Å². The average molecular weight is 282 g/mol. The molecule has 1 aromatic carbocycles. The number of hydrogen-bond donors (Lipinski definition) is 1. The summed E-state index contributed by atoms with van der Waals surface area (Å²) in [5, 5.41) is 3.33. The Balaban J connectivity index is 2.09. The van der Waals surface area contributed by atoms with Crippen LogP contribution in [0.1, 0.15) is 11.4 Å². The van der Waals surface area contributed by atoms with Crippen molar-refractivity contribution in [2.45, 2.75) is 13.2 Å². The number of halogens is 2. The Kier molecular flexibility index (Phi) is 4.65. The standard InChI is InChI=1S/C13H13ClFN3O/c1-19-8-13-17-11(14)6-12(18-13)16-7-9-4-2-3-5-10(9)15/h2-6H,7-8H2,1H3,(H,16,17,18). The zero-order valence-electron chi connectivity index (χ0n) is 10.4. The van der Waals surface area contributed by atoms with Gasteiger partial charge in [-0.25, -0.2) is 14.4 Å². The molecule has 0 saturated carbocycles. The van der Waals surface area contributed by atoms with Gasteiger partial charge < -0.3 is 10.1 Å². The average Bonchev–Trinajstić information content (AvgIpc) is 2.37. The summed E-state index contributed by atoms with van der Waals surface area (Å²) in [5.74, 6) is 0.758. The highest BCUT2D eigenvalue weighted by atomic mass is 35.5. The molecule has 6 heteroatoms. The first-order chi connectivity index (χ1) is 9.19. The first kappa shape index (κ1) is 13.7. The molecule has 2 aromatic rings. The van der Waals surface area contributed by atoms with E-state index in [9.17, 15) is 4.39 Å². The van der Waals surface area contributed by atoms with Gasteiger partial charge >= 0.3 is 0 Å². The van der Waals surface area contributed by atoms with E-state index >= 15 is 0 Å². The number of methoxy groups -OCH3 is 1. The Labute approximate surface area is 115 Å². The van der Waals surface area contributed by atoms with Crippen LogP contribution >= 0.6 is 11.6 Å². The first-order valence-electron chi connectivity index (χ1n) is 5.68. The van der Waals surface area contributed by atoms with Crippen LogP contribution in [0.25, 0.3) is 0 Å². The molecule has 0 fully saturated rings. The van der Waals surface area contributed by atoms with E-state index in [1.165, 1.54) is 6.07 Å². The molecule has 0 bridgehead atoms. The number of nitrogens with one attached hydrogen (secondary N) is 1. The van der Waals surface area contributed by atoms with Crippen LogP contribution in [-0.4, -0.2) is 17.1 Å². The zero-order chi connectivity index (χ0) is 13.7. The molecule has 0 spiro atoms. The number of rotatable bonds is 5. The van der Waals surface area contributed by atoms with Crippen molar-refractivity contribution in [2.75, 3.05) is 12.4 Å². The Bertz CT molecular complexity index is 565. The summed E-state index contributed by atoms with van der Waals surface area (Å²) in [6, 6.07) is 8.14. The molecule has 0 unspecified atom stereocenters. The summed E-state index contributed by atoms with van der Waals surface area (Å²) >= 11 is 5.88. The van der Waals surface area contributed by atoms with Crippen molar-refractivity contribution in [2.24, 2.45) is 0 Å². The second-order valence-electron chi connectivity index (χ2n) is 3.87. The molecule has 0 amide bonds. The van der Waals surface area contributed by atoms with Crippen molar-refractivity contribution in [3.05, 3.63) is 52.7 Å². The number of benzene rings is 1. The highest BCUT2D eigenvalue weighted by Crippen LogP contribution is 2.14. The Hall–Kier alpha value is -1.72. The molecule has 2 rings (SSSR count). The van der Waals surface area contributed by atoms with E-state index < -0.39 is 0 Å². The van der Waals surface area contributed by atoms with Crippen LogP contribution in [0.3, 0.4) is 0 Å². The Morgan fingerprint density at radius 1 is 1.32 bits per heavy atom. The van der Waals surface area contributed by atoms with Gasteiger partial charge in [-0.1, -0.05) is 29.8 Å². The lowest BCUT2D eigenvalue weighted by Crippen LogP contribution is -2.06. The molecular formula is C13H13ClFN3O. The van der Waals surface area contributed by atoms with Gasteiger partial charge in [-0.3, -0.25) is 0 Å². The molecule has 0 saturated heterocycles. The van der Waals surface area contributed by atoms with E-state index in [2.05, 4.69) is 15.3 Å². The Morgan fingerprint density at radius 3 is 2.84 bits per heavy atom. The second kappa shape index (κ2) is 6.45. The zero-order valence-corrected chi connectivity index (χ0v) is 11.1. The van der Waals surface area contributed by atoms with Crippen LogP contribution in [-0.2, 0) is 17.9 Å². The number of nitrogens with zero attached hydrogens (tertiary/aromatic N) is 2. The number of ether oxygens (including phenoxy) is 1. The van der Waals surface area contributed by atoms with E-state index in [0.717, 1.165) is 0 Å². The summed E-state index contributed by atoms with van der Waals surface area (Å²) in [7, 11) is 1.55. The molecule has 19 heavy (non-hydrogen) atoms. The van der Waals surface area contributed by atoms with Crippen LogP contribution in [0.2, 0.25) is 5.15 Å². The van der Waals surface area contributed by atoms with Gasteiger partial charge in [0.15, 0.2) is 5.82 Å². The molecule has 1 heterocycles. The summed E-state index contributed by atoms with van der Waals surface area (Å²) in [5.41, 5.74) is 0.561. The molecule has 0 aliphatic heterocycles. The summed E-state index contributed by atoms with van der Waals surface area (Å²) in [4.78, 5) is 8.23. The van der Waals surface area contributed by atoms with Crippen molar-refractivity contribution >= 4 is 17.4 Å². The highest BCUT2D eigenvalue weighted by molar-refractivity contribution is 6.29. The summed E-state index contributed by atoms with van der Waals surface area (Å²) in [6.07, 6.45) is 0. The van der Waals surface area contributed by atoms with Crippen molar-refractivity contribution in [1.29, 1.82) is 0 Å². The SMILES string of the molecule is COCc1nc(Cl)cc(NCc2ccccc2F)n1. The molecule has 0 aliphatic carbocycles. The third kappa shape index (κ3) is 3.87. The van der Waals surface area contributed by atoms with Gasteiger partial charge in [0.05, 0.1) is 0 Å². The van der Waals surface area contributed by atoms with E-state index in [1.807, 2.05) is 0 Å². The van der Waals surface area contributed by atoms with E-state index in [1.54, 1.807) is 31.4 Å². The highest BCUT2D eigenvalue weighted by Gasteiger charge is 2.05. The van der Waals surface area contributed by atoms with Gasteiger partial charge in [-0.2, -0.15) is 0 Å². The maximum absolute atomic E-state index is 13.5. The minimum absolute atomic E-state index is 0.257. The lowest BCUT2D eigenvalue weighted by atomic mass is 10.2.